The lowest BCUT2D eigenvalue weighted by Crippen LogP contribution is -2.03. The summed E-state index contributed by atoms with van der Waals surface area (Å²) in [5, 5.41) is 11.2. The van der Waals surface area contributed by atoms with Crippen LogP contribution in [-0.2, 0) is 0 Å². The van der Waals surface area contributed by atoms with Crippen LogP contribution >= 0.6 is 34.2 Å². The van der Waals surface area contributed by atoms with E-state index in [0.717, 1.165) is 20.3 Å². The van der Waals surface area contributed by atoms with E-state index in [1.54, 1.807) is 0 Å². The zero-order chi connectivity index (χ0) is 14.2. The van der Waals surface area contributed by atoms with E-state index < -0.39 is 6.10 Å². The Morgan fingerprint density at radius 1 is 1.00 bits per heavy atom. The van der Waals surface area contributed by atoms with E-state index in [0.29, 0.717) is 5.02 Å². The number of hydrogen-bond donors (Lipinski definition) is 1. The fourth-order valence-electron chi connectivity index (χ4n) is 2.14. The van der Waals surface area contributed by atoms with Gasteiger partial charge in [-0.2, -0.15) is 0 Å². The third-order valence-corrected chi connectivity index (χ3v) is 5.01. The molecule has 2 aromatic carbocycles. The predicted octanol–water partition coefficient (Wildman–Crippen LogP) is 4.95. The summed E-state index contributed by atoms with van der Waals surface area (Å²) < 4.78 is 0.993. The Balaban J connectivity index is 2.46. The molecule has 2 rings (SSSR count). The van der Waals surface area contributed by atoms with Gasteiger partial charge in [0.2, 0.25) is 0 Å². The molecule has 0 aliphatic carbocycles. The van der Waals surface area contributed by atoms with E-state index >= 15 is 0 Å². The molecule has 0 heterocycles. The van der Waals surface area contributed by atoms with Crippen molar-refractivity contribution in [3.05, 3.63) is 66.7 Å². The largest absolute Gasteiger partial charge is 0.384 e. The molecule has 0 amide bonds. The average Bonchev–Trinajstić information content (AvgIpc) is 2.36. The van der Waals surface area contributed by atoms with Gasteiger partial charge in [-0.15, -0.1) is 0 Å². The van der Waals surface area contributed by atoms with Crippen molar-refractivity contribution in [2.75, 3.05) is 0 Å². The second kappa shape index (κ2) is 5.81. The topological polar surface area (TPSA) is 20.2 Å². The van der Waals surface area contributed by atoms with E-state index in [9.17, 15) is 5.11 Å². The van der Waals surface area contributed by atoms with Gasteiger partial charge in [0.15, 0.2) is 0 Å². The molecule has 100 valence electrons. The van der Waals surface area contributed by atoms with Crippen LogP contribution in [0.25, 0.3) is 0 Å². The molecule has 3 heteroatoms. The van der Waals surface area contributed by atoms with E-state index in [1.165, 1.54) is 11.1 Å². The summed E-state index contributed by atoms with van der Waals surface area (Å²) >= 11 is 8.30. The van der Waals surface area contributed by atoms with Gasteiger partial charge in [-0.3, -0.25) is 0 Å². The normalized spacial score (nSPS) is 12.5. The lowest BCUT2D eigenvalue weighted by atomic mass is 9.94. The van der Waals surface area contributed by atoms with Crippen LogP contribution < -0.4 is 0 Å². The van der Waals surface area contributed by atoms with Gasteiger partial charge in [0.05, 0.1) is 5.02 Å². The molecule has 0 saturated heterocycles. The van der Waals surface area contributed by atoms with Gasteiger partial charge in [-0.25, -0.2) is 0 Å². The smallest absolute Gasteiger partial charge is 0.104 e. The van der Waals surface area contributed by atoms with Crippen LogP contribution in [-0.4, -0.2) is 5.11 Å². The maximum atomic E-state index is 10.5. The van der Waals surface area contributed by atoms with Crippen molar-refractivity contribution in [2.45, 2.75) is 26.9 Å². The zero-order valence-corrected chi connectivity index (χ0v) is 14.1. The summed E-state index contributed by atoms with van der Waals surface area (Å²) in [4.78, 5) is 0. The number of aliphatic hydroxyl groups excluding tert-OH is 1. The molecule has 1 atom stereocenters. The minimum atomic E-state index is -0.631. The minimum absolute atomic E-state index is 0.631. The monoisotopic (exact) mass is 386 g/mol. The zero-order valence-electron chi connectivity index (χ0n) is 11.2. The second-order valence-corrected chi connectivity index (χ2v) is 6.44. The summed E-state index contributed by atoms with van der Waals surface area (Å²) in [6, 6.07) is 9.86. The molecule has 2 aromatic rings. The van der Waals surface area contributed by atoms with Gasteiger partial charge in [0.25, 0.3) is 0 Å². The van der Waals surface area contributed by atoms with Gasteiger partial charge in [0.1, 0.15) is 6.10 Å². The summed E-state index contributed by atoms with van der Waals surface area (Å²) in [7, 11) is 0. The lowest BCUT2D eigenvalue weighted by molar-refractivity contribution is 0.219. The Kier molecular flexibility index (Phi) is 4.54. The van der Waals surface area contributed by atoms with Crippen LogP contribution in [0.5, 0.6) is 0 Å². The first kappa shape index (κ1) is 14.8. The highest BCUT2D eigenvalue weighted by molar-refractivity contribution is 14.1. The Morgan fingerprint density at radius 3 is 2.26 bits per heavy atom. The molecular weight excluding hydrogens is 371 g/mol. The first-order chi connectivity index (χ1) is 8.90. The average molecular weight is 387 g/mol. The number of benzene rings is 2. The van der Waals surface area contributed by atoms with Gasteiger partial charge in [-0.1, -0.05) is 29.8 Å². The van der Waals surface area contributed by atoms with Crippen LogP contribution in [0.3, 0.4) is 0 Å². The van der Waals surface area contributed by atoms with Crippen LogP contribution in [0, 0.1) is 24.3 Å². The molecule has 0 radical (unpaired) electrons. The second-order valence-electron chi connectivity index (χ2n) is 4.87. The Morgan fingerprint density at radius 2 is 1.63 bits per heavy atom. The van der Waals surface area contributed by atoms with Gasteiger partial charge in [0, 0.05) is 3.57 Å². The molecule has 1 nitrogen and oxygen atoms in total. The summed E-state index contributed by atoms with van der Waals surface area (Å²) in [5.74, 6) is 0. The molecular formula is C16H16ClIO. The van der Waals surface area contributed by atoms with Crippen LogP contribution in [0.15, 0.2) is 30.3 Å². The summed E-state index contributed by atoms with van der Waals surface area (Å²) in [6.45, 7) is 6.17. The van der Waals surface area contributed by atoms with Gasteiger partial charge >= 0.3 is 0 Å². The van der Waals surface area contributed by atoms with Crippen molar-refractivity contribution in [1.29, 1.82) is 0 Å². The molecule has 0 aliphatic heterocycles. The fourth-order valence-corrected chi connectivity index (χ4v) is 2.66. The highest BCUT2D eigenvalue weighted by Crippen LogP contribution is 2.30. The highest BCUT2D eigenvalue weighted by Gasteiger charge is 2.15. The molecule has 0 bridgehead atoms. The molecule has 0 saturated carbocycles. The standard InChI is InChI=1S/C16H16ClIO/c1-9-6-11(3)13(7-10(9)2)16(19)12-4-5-15(18)14(17)8-12/h4-8,16,19H,1-3H3. The number of aryl methyl sites for hydroxylation is 3. The fraction of sp³-hybridized carbons (Fsp3) is 0.250. The van der Waals surface area contributed by atoms with Crippen molar-refractivity contribution >= 4 is 34.2 Å². The Labute approximate surface area is 132 Å². The van der Waals surface area contributed by atoms with Crippen molar-refractivity contribution in [2.24, 2.45) is 0 Å². The maximum Gasteiger partial charge on any atom is 0.104 e. The SMILES string of the molecule is Cc1cc(C)c(C(O)c2ccc(I)c(Cl)c2)cc1C. The quantitative estimate of drug-likeness (QED) is 0.724. The van der Waals surface area contributed by atoms with Crippen LogP contribution in [0.1, 0.15) is 33.9 Å². The van der Waals surface area contributed by atoms with Crippen LogP contribution in [0.4, 0.5) is 0 Å². The number of hydrogen-bond acceptors (Lipinski definition) is 1. The van der Waals surface area contributed by atoms with E-state index in [4.69, 9.17) is 11.6 Å². The summed E-state index contributed by atoms with van der Waals surface area (Å²) in [5.41, 5.74) is 5.31. The minimum Gasteiger partial charge on any atom is -0.384 e. The third kappa shape index (κ3) is 3.12. The molecule has 0 aliphatic rings. The predicted molar refractivity (Wildman–Crippen MR) is 88.9 cm³/mol. The van der Waals surface area contributed by atoms with E-state index in [2.05, 4.69) is 48.6 Å². The van der Waals surface area contributed by atoms with Gasteiger partial charge < -0.3 is 5.11 Å². The van der Waals surface area contributed by atoms with Crippen molar-refractivity contribution in [3.63, 3.8) is 0 Å². The van der Waals surface area contributed by atoms with E-state index in [1.807, 2.05) is 25.1 Å². The maximum absolute atomic E-state index is 10.5. The highest BCUT2D eigenvalue weighted by atomic mass is 127. The van der Waals surface area contributed by atoms with Crippen molar-refractivity contribution in [3.8, 4) is 0 Å². The molecule has 0 aromatic heterocycles. The molecule has 0 fully saturated rings. The first-order valence-corrected chi connectivity index (χ1v) is 7.56. The molecule has 1 unspecified atom stereocenters. The van der Waals surface area contributed by atoms with E-state index in [-0.39, 0.29) is 0 Å². The molecule has 1 N–H and O–H groups in total. The summed E-state index contributed by atoms with van der Waals surface area (Å²) in [6.07, 6.45) is -0.631. The van der Waals surface area contributed by atoms with Crippen molar-refractivity contribution < 1.29 is 5.11 Å². The number of halogens is 2. The lowest BCUT2D eigenvalue weighted by Gasteiger charge is -2.17. The number of rotatable bonds is 2. The van der Waals surface area contributed by atoms with Gasteiger partial charge in [-0.05, 0) is 83.3 Å². The molecule has 0 spiro atoms. The Bertz CT molecular complexity index is 622. The van der Waals surface area contributed by atoms with Crippen LogP contribution in [0.2, 0.25) is 5.02 Å². The third-order valence-electron chi connectivity index (χ3n) is 3.44. The number of aliphatic hydroxyl groups is 1. The molecule has 19 heavy (non-hydrogen) atoms. The Hall–Kier alpha value is -0.580. The van der Waals surface area contributed by atoms with Crippen molar-refractivity contribution in [1.82, 2.24) is 0 Å². The first-order valence-electron chi connectivity index (χ1n) is 6.11.